The van der Waals surface area contributed by atoms with Gasteiger partial charge in [-0.2, -0.15) is 0 Å². The smallest absolute Gasteiger partial charge is 0.246 e. The molecule has 0 bridgehead atoms. The molecule has 0 aromatic heterocycles. The van der Waals surface area contributed by atoms with Crippen LogP contribution in [0, 0.1) is 0 Å². The van der Waals surface area contributed by atoms with Crippen molar-refractivity contribution in [3.63, 3.8) is 0 Å². The second kappa shape index (κ2) is 5.11. The molecule has 1 atom stereocenters. The van der Waals surface area contributed by atoms with Gasteiger partial charge in [-0.15, -0.1) is 0 Å². The zero-order chi connectivity index (χ0) is 8.81. The second-order valence-electron chi connectivity index (χ2n) is 2.91. The van der Waals surface area contributed by atoms with Crippen LogP contribution in [0.5, 0.6) is 0 Å². The third-order valence-corrected chi connectivity index (χ3v) is 1.80. The average Bonchev–Trinajstić information content (AvgIpc) is 2.06. The fourth-order valence-corrected chi connectivity index (χ4v) is 1.25. The molecule has 1 N–H and O–H groups in total. The molecule has 0 radical (unpaired) electrons. The van der Waals surface area contributed by atoms with Gasteiger partial charge in [0.05, 0.1) is 12.6 Å². The molecule has 0 saturated carbocycles. The van der Waals surface area contributed by atoms with Gasteiger partial charge in [0.15, 0.2) is 0 Å². The summed E-state index contributed by atoms with van der Waals surface area (Å²) in [5.74, 6) is -0.0620. The molecule has 0 unspecified atom stereocenters. The Hall–Kier alpha value is -0.610. The van der Waals surface area contributed by atoms with E-state index in [0.29, 0.717) is 6.61 Å². The Morgan fingerprint density at radius 3 is 3.17 bits per heavy atom. The van der Waals surface area contributed by atoms with Gasteiger partial charge in [-0.25, -0.2) is 0 Å². The van der Waals surface area contributed by atoms with E-state index in [2.05, 4.69) is 5.32 Å². The summed E-state index contributed by atoms with van der Waals surface area (Å²) in [5, 5.41) is 2.83. The Bertz CT molecular complexity index is 143. The van der Waals surface area contributed by atoms with Gasteiger partial charge >= 0.3 is 0 Å². The van der Waals surface area contributed by atoms with E-state index in [-0.39, 0.29) is 18.6 Å². The van der Waals surface area contributed by atoms with E-state index in [1.165, 1.54) is 7.11 Å². The summed E-state index contributed by atoms with van der Waals surface area (Å²) in [6, 6.07) is 0.182. The van der Waals surface area contributed by atoms with Crippen LogP contribution in [-0.4, -0.2) is 38.9 Å². The summed E-state index contributed by atoms with van der Waals surface area (Å²) in [6.45, 7) is 1.59. The number of rotatable bonds is 3. The molecule has 70 valence electrons. The zero-order valence-electron chi connectivity index (χ0n) is 7.34. The SMILES string of the molecule is COCC(=O)N[C@@H]1CCCOC1. The Kier molecular flexibility index (Phi) is 4.04. The Morgan fingerprint density at radius 2 is 2.58 bits per heavy atom. The van der Waals surface area contributed by atoms with E-state index in [1.54, 1.807) is 0 Å². The van der Waals surface area contributed by atoms with Gasteiger partial charge in [0, 0.05) is 13.7 Å². The van der Waals surface area contributed by atoms with Gasteiger partial charge in [0.25, 0.3) is 0 Å². The quantitative estimate of drug-likeness (QED) is 0.649. The number of carbonyl (C=O) groups is 1. The van der Waals surface area contributed by atoms with Gasteiger partial charge < -0.3 is 14.8 Å². The van der Waals surface area contributed by atoms with Gasteiger partial charge in [-0.05, 0) is 12.8 Å². The molecule has 1 heterocycles. The van der Waals surface area contributed by atoms with Crippen LogP contribution >= 0.6 is 0 Å². The highest BCUT2D eigenvalue weighted by molar-refractivity contribution is 5.77. The summed E-state index contributed by atoms with van der Waals surface area (Å²) < 4.78 is 9.90. The lowest BCUT2D eigenvalue weighted by Crippen LogP contribution is -2.42. The highest BCUT2D eigenvalue weighted by Gasteiger charge is 2.15. The van der Waals surface area contributed by atoms with Crippen LogP contribution < -0.4 is 5.32 Å². The minimum Gasteiger partial charge on any atom is -0.379 e. The molecule has 1 saturated heterocycles. The fourth-order valence-electron chi connectivity index (χ4n) is 1.25. The van der Waals surface area contributed by atoms with Crippen LogP contribution in [0.2, 0.25) is 0 Å². The van der Waals surface area contributed by atoms with E-state index in [0.717, 1.165) is 19.4 Å². The predicted octanol–water partition coefficient (Wildman–Crippen LogP) is -0.0720. The first kappa shape index (κ1) is 9.48. The Morgan fingerprint density at radius 1 is 1.75 bits per heavy atom. The summed E-state index contributed by atoms with van der Waals surface area (Å²) in [4.78, 5) is 11.0. The Balaban J connectivity index is 2.15. The van der Waals surface area contributed by atoms with Crippen molar-refractivity contribution in [1.29, 1.82) is 0 Å². The third kappa shape index (κ3) is 3.19. The topological polar surface area (TPSA) is 47.6 Å². The predicted molar refractivity (Wildman–Crippen MR) is 43.9 cm³/mol. The van der Waals surface area contributed by atoms with Gasteiger partial charge in [-0.3, -0.25) is 4.79 Å². The molecule has 4 nitrogen and oxygen atoms in total. The van der Waals surface area contributed by atoms with Crippen LogP contribution in [0.25, 0.3) is 0 Å². The zero-order valence-corrected chi connectivity index (χ0v) is 7.34. The molecule has 4 heteroatoms. The average molecular weight is 173 g/mol. The third-order valence-electron chi connectivity index (χ3n) is 1.80. The van der Waals surface area contributed by atoms with E-state index in [4.69, 9.17) is 9.47 Å². The number of carbonyl (C=O) groups excluding carboxylic acids is 1. The monoisotopic (exact) mass is 173 g/mol. The molecule has 1 fully saturated rings. The highest BCUT2D eigenvalue weighted by Crippen LogP contribution is 2.05. The van der Waals surface area contributed by atoms with Crippen molar-refractivity contribution >= 4 is 5.91 Å². The van der Waals surface area contributed by atoms with Crippen molar-refractivity contribution < 1.29 is 14.3 Å². The van der Waals surface area contributed by atoms with Crippen LogP contribution in [0.1, 0.15) is 12.8 Å². The molecule has 1 aliphatic heterocycles. The first-order chi connectivity index (χ1) is 5.83. The number of ether oxygens (including phenoxy) is 2. The van der Waals surface area contributed by atoms with Gasteiger partial charge in [0.2, 0.25) is 5.91 Å². The number of methoxy groups -OCH3 is 1. The second-order valence-corrected chi connectivity index (χ2v) is 2.91. The van der Waals surface area contributed by atoms with Crippen LogP contribution in [0.4, 0.5) is 0 Å². The van der Waals surface area contributed by atoms with Crippen molar-refractivity contribution in [2.75, 3.05) is 26.9 Å². The van der Waals surface area contributed by atoms with E-state index >= 15 is 0 Å². The summed E-state index contributed by atoms with van der Waals surface area (Å²) in [7, 11) is 1.51. The van der Waals surface area contributed by atoms with E-state index in [1.807, 2.05) is 0 Å². The first-order valence-corrected chi connectivity index (χ1v) is 4.19. The minimum atomic E-state index is -0.0620. The lowest BCUT2D eigenvalue weighted by molar-refractivity contribution is -0.126. The molecule has 1 rings (SSSR count). The number of hydrogen-bond donors (Lipinski definition) is 1. The largest absolute Gasteiger partial charge is 0.379 e. The summed E-state index contributed by atoms with van der Waals surface area (Å²) in [5.41, 5.74) is 0. The van der Waals surface area contributed by atoms with Crippen LogP contribution in [0.15, 0.2) is 0 Å². The summed E-state index contributed by atoms with van der Waals surface area (Å²) >= 11 is 0. The maximum absolute atomic E-state index is 11.0. The maximum atomic E-state index is 11.0. The molecule has 1 amide bonds. The van der Waals surface area contributed by atoms with Crippen molar-refractivity contribution in [2.24, 2.45) is 0 Å². The lowest BCUT2D eigenvalue weighted by atomic mass is 10.1. The Labute approximate surface area is 72.2 Å². The molecule has 1 aliphatic rings. The standard InChI is InChI=1S/C8H15NO3/c1-11-6-8(10)9-7-3-2-4-12-5-7/h7H,2-6H2,1H3,(H,9,10)/t7-/m1/s1. The van der Waals surface area contributed by atoms with Crippen molar-refractivity contribution in [3.05, 3.63) is 0 Å². The lowest BCUT2D eigenvalue weighted by Gasteiger charge is -2.22. The van der Waals surface area contributed by atoms with Crippen molar-refractivity contribution in [2.45, 2.75) is 18.9 Å². The molecule has 0 aromatic rings. The summed E-state index contributed by atoms with van der Waals surface area (Å²) in [6.07, 6.45) is 2.04. The number of amides is 1. The van der Waals surface area contributed by atoms with Gasteiger partial charge in [-0.1, -0.05) is 0 Å². The first-order valence-electron chi connectivity index (χ1n) is 4.19. The molecule has 0 aliphatic carbocycles. The fraction of sp³-hybridized carbons (Fsp3) is 0.875. The van der Waals surface area contributed by atoms with Gasteiger partial charge in [0.1, 0.15) is 6.61 Å². The maximum Gasteiger partial charge on any atom is 0.246 e. The molecular formula is C8H15NO3. The minimum absolute atomic E-state index is 0.0620. The van der Waals surface area contributed by atoms with E-state index < -0.39 is 0 Å². The van der Waals surface area contributed by atoms with Crippen molar-refractivity contribution in [3.8, 4) is 0 Å². The van der Waals surface area contributed by atoms with Crippen LogP contribution in [0.3, 0.4) is 0 Å². The number of hydrogen-bond acceptors (Lipinski definition) is 3. The van der Waals surface area contributed by atoms with Crippen molar-refractivity contribution in [1.82, 2.24) is 5.32 Å². The number of nitrogens with one attached hydrogen (secondary N) is 1. The van der Waals surface area contributed by atoms with Crippen LogP contribution in [-0.2, 0) is 14.3 Å². The normalized spacial score (nSPS) is 23.6. The highest BCUT2D eigenvalue weighted by atomic mass is 16.5. The molecular weight excluding hydrogens is 158 g/mol. The molecule has 0 aromatic carbocycles. The molecule has 0 spiro atoms. The molecule has 12 heavy (non-hydrogen) atoms. The van der Waals surface area contributed by atoms with E-state index in [9.17, 15) is 4.79 Å².